The highest BCUT2D eigenvalue weighted by Gasteiger charge is 2.51. The molecule has 1 aliphatic rings. The summed E-state index contributed by atoms with van der Waals surface area (Å²) in [5.74, 6) is 0. The average molecular weight is 289 g/mol. The summed E-state index contributed by atoms with van der Waals surface area (Å²) in [5, 5.41) is 3.35. The van der Waals surface area contributed by atoms with Crippen LogP contribution >= 0.6 is 0 Å². The summed E-state index contributed by atoms with van der Waals surface area (Å²) in [5.41, 5.74) is 1.92. The Morgan fingerprint density at radius 3 is 2.10 bits per heavy atom. The molecule has 1 fully saturated rings. The van der Waals surface area contributed by atoms with E-state index in [1.165, 1.54) is 12.0 Å². The second-order valence-corrected chi connectivity index (χ2v) is 6.79. The van der Waals surface area contributed by atoms with E-state index in [1.54, 1.807) is 0 Å². The lowest BCUT2D eigenvalue weighted by Gasteiger charge is -2.32. The van der Waals surface area contributed by atoms with Gasteiger partial charge in [-0.3, -0.25) is 0 Å². The fourth-order valence-corrected chi connectivity index (χ4v) is 2.41. The molecule has 0 unspecified atom stereocenters. The van der Waals surface area contributed by atoms with E-state index in [-0.39, 0.29) is 18.3 Å². The first-order chi connectivity index (χ1) is 9.86. The van der Waals surface area contributed by atoms with Gasteiger partial charge in [-0.1, -0.05) is 31.2 Å². The summed E-state index contributed by atoms with van der Waals surface area (Å²) in [7, 11) is -0.259. The Kier molecular flexibility index (Phi) is 5.13. The van der Waals surface area contributed by atoms with Gasteiger partial charge in [-0.2, -0.15) is 0 Å². The zero-order valence-electron chi connectivity index (χ0n) is 14.0. The molecule has 0 atom stereocenters. The lowest BCUT2D eigenvalue weighted by molar-refractivity contribution is 0.00578. The van der Waals surface area contributed by atoms with Gasteiger partial charge in [0.2, 0.25) is 0 Å². The number of aryl methyl sites for hydroxylation is 1. The summed E-state index contributed by atoms with van der Waals surface area (Å²) in [4.78, 5) is 0. The third-order valence-electron chi connectivity index (χ3n) is 4.57. The Hall–Kier alpha value is -0.835. The van der Waals surface area contributed by atoms with Gasteiger partial charge in [-0.25, -0.2) is 0 Å². The van der Waals surface area contributed by atoms with Crippen molar-refractivity contribution >= 4 is 12.6 Å². The largest absolute Gasteiger partial charge is 0.494 e. The van der Waals surface area contributed by atoms with Crippen molar-refractivity contribution in [3.63, 3.8) is 0 Å². The van der Waals surface area contributed by atoms with Crippen LogP contribution in [0.1, 0.15) is 46.6 Å². The molecule has 1 aromatic rings. The van der Waals surface area contributed by atoms with Gasteiger partial charge in [0.25, 0.3) is 0 Å². The van der Waals surface area contributed by atoms with Gasteiger partial charge in [-0.05, 0) is 64.7 Å². The molecule has 4 heteroatoms. The number of hydrogen-bond donors (Lipinski definition) is 1. The van der Waals surface area contributed by atoms with Gasteiger partial charge in [-0.15, -0.1) is 0 Å². The summed E-state index contributed by atoms with van der Waals surface area (Å²) < 4.78 is 12.1. The Bertz CT molecular complexity index is 440. The molecule has 1 aromatic carbocycles. The van der Waals surface area contributed by atoms with Gasteiger partial charge < -0.3 is 14.6 Å². The van der Waals surface area contributed by atoms with Gasteiger partial charge in [0.15, 0.2) is 0 Å². The Morgan fingerprint density at radius 2 is 1.57 bits per heavy atom. The fraction of sp³-hybridized carbons (Fsp3) is 0.647. The third kappa shape index (κ3) is 3.88. The molecule has 1 N–H and O–H groups in total. The van der Waals surface area contributed by atoms with Crippen molar-refractivity contribution in [1.82, 2.24) is 5.32 Å². The van der Waals surface area contributed by atoms with E-state index in [0.29, 0.717) is 0 Å². The summed E-state index contributed by atoms with van der Waals surface area (Å²) in [6, 6.07) is 8.63. The third-order valence-corrected chi connectivity index (χ3v) is 4.57. The molecule has 1 aliphatic heterocycles. The van der Waals surface area contributed by atoms with Crippen LogP contribution in [-0.2, 0) is 15.7 Å². The standard InChI is InChI=1S/C17H28BNO2/c1-6-19-13-7-8-14-9-11-15(12-10-14)18-20-16(2,3)17(4,5)21-18/h9-12,19H,6-8,13H2,1-5H3. The lowest BCUT2D eigenvalue weighted by atomic mass is 9.78. The molecule has 0 amide bonds. The van der Waals surface area contributed by atoms with E-state index < -0.39 is 0 Å². The van der Waals surface area contributed by atoms with Crippen LogP contribution in [0.2, 0.25) is 0 Å². The Morgan fingerprint density at radius 1 is 1.00 bits per heavy atom. The molecule has 0 saturated carbocycles. The average Bonchev–Trinajstić information content (AvgIpc) is 2.64. The molecule has 2 rings (SSSR count). The first-order valence-electron chi connectivity index (χ1n) is 8.01. The van der Waals surface area contributed by atoms with E-state index in [0.717, 1.165) is 25.0 Å². The monoisotopic (exact) mass is 289 g/mol. The molecule has 116 valence electrons. The van der Waals surface area contributed by atoms with Crippen molar-refractivity contribution in [1.29, 1.82) is 0 Å². The minimum Gasteiger partial charge on any atom is -0.399 e. The van der Waals surface area contributed by atoms with Crippen molar-refractivity contribution in [3.8, 4) is 0 Å². The minimum atomic E-state index is -0.276. The lowest BCUT2D eigenvalue weighted by Crippen LogP contribution is -2.41. The minimum absolute atomic E-state index is 0.259. The van der Waals surface area contributed by atoms with Crippen LogP contribution in [0.4, 0.5) is 0 Å². The van der Waals surface area contributed by atoms with Crippen LogP contribution in [0, 0.1) is 0 Å². The molecule has 0 aliphatic carbocycles. The highest BCUT2D eigenvalue weighted by molar-refractivity contribution is 6.62. The zero-order chi connectivity index (χ0) is 15.5. The van der Waals surface area contributed by atoms with Crippen LogP contribution in [0.5, 0.6) is 0 Å². The Balaban J connectivity index is 1.94. The van der Waals surface area contributed by atoms with E-state index in [2.05, 4.69) is 64.2 Å². The fourth-order valence-electron chi connectivity index (χ4n) is 2.41. The topological polar surface area (TPSA) is 30.5 Å². The molecule has 1 saturated heterocycles. The van der Waals surface area contributed by atoms with Crippen LogP contribution in [0.25, 0.3) is 0 Å². The van der Waals surface area contributed by atoms with Crippen molar-refractivity contribution in [2.45, 2.75) is 58.7 Å². The predicted molar refractivity (Wildman–Crippen MR) is 89.0 cm³/mol. The second kappa shape index (κ2) is 6.51. The first kappa shape index (κ1) is 16.5. The van der Waals surface area contributed by atoms with Crippen LogP contribution in [0.3, 0.4) is 0 Å². The molecule has 0 spiro atoms. The molecule has 21 heavy (non-hydrogen) atoms. The first-order valence-corrected chi connectivity index (χ1v) is 8.01. The van der Waals surface area contributed by atoms with Crippen LogP contribution in [0.15, 0.2) is 24.3 Å². The molecule has 0 aromatic heterocycles. The molecule has 3 nitrogen and oxygen atoms in total. The second-order valence-electron chi connectivity index (χ2n) is 6.79. The van der Waals surface area contributed by atoms with Crippen molar-refractivity contribution in [2.24, 2.45) is 0 Å². The van der Waals surface area contributed by atoms with Gasteiger partial charge in [0.1, 0.15) is 0 Å². The van der Waals surface area contributed by atoms with E-state index in [4.69, 9.17) is 9.31 Å². The van der Waals surface area contributed by atoms with E-state index in [9.17, 15) is 0 Å². The molecule has 0 bridgehead atoms. The highest BCUT2D eigenvalue weighted by atomic mass is 16.7. The van der Waals surface area contributed by atoms with Crippen molar-refractivity contribution < 1.29 is 9.31 Å². The van der Waals surface area contributed by atoms with Crippen LogP contribution in [-0.4, -0.2) is 31.4 Å². The summed E-state index contributed by atoms with van der Waals surface area (Å²) in [6.07, 6.45) is 2.28. The smallest absolute Gasteiger partial charge is 0.399 e. The molecular formula is C17H28BNO2. The maximum absolute atomic E-state index is 6.07. The quantitative estimate of drug-likeness (QED) is 0.645. The zero-order valence-corrected chi connectivity index (χ0v) is 14.0. The SMILES string of the molecule is CCNCCCc1ccc(B2OC(C)(C)C(C)(C)O2)cc1. The van der Waals surface area contributed by atoms with E-state index in [1.807, 2.05) is 0 Å². The maximum atomic E-state index is 6.07. The highest BCUT2D eigenvalue weighted by Crippen LogP contribution is 2.36. The van der Waals surface area contributed by atoms with Crippen molar-refractivity contribution in [3.05, 3.63) is 29.8 Å². The van der Waals surface area contributed by atoms with Crippen molar-refractivity contribution in [2.75, 3.05) is 13.1 Å². The number of benzene rings is 1. The maximum Gasteiger partial charge on any atom is 0.494 e. The molecule has 0 radical (unpaired) electrons. The number of hydrogen-bond acceptors (Lipinski definition) is 3. The summed E-state index contributed by atoms with van der Waals surface area (Å²) >= 11 is 0. The van der Waals surface area contributed by atoms with Crippen LogP contribution < -0.4 is 10.8 Å². The normalized spacial score (nSPS) is 20.0. The van der Waals surface area contributed by atoms with E-state index >= 15 is 0 Å². The Labute approximate surface area is 129 Å². The summed E-state index contributed by atoms with van der Waals surface area (Å²) in [6.45, 7) is 12.6. The molecular weight excluding hydrogens is 261 g/mol. The number of nitrogens with one attached hydrogen (secondary N) is 1. The van der Waals surface area contributed by atoms with Gasteiger partial charge in [0, 0.05) is 0 Å². The van der Waals surface area contributed by atoms with Gasteiger partial charge >= 0.3 is 7.12 Å². The molecule has 1 heterocycles. The van der Waals surface area contributed by atoms with Gasteiger partial charge in [0.05, 0.1) is 11.2 Å². The number of rotatable bonds is 6. The predicted octanol–water partition coefficient (Wildman–Crippen LogP) is 2.53.